The Hall–Kier alpha value is -2.39. The molecule has 1 amide bonds. The highest BCUT2D eigenvalue weighted by molar-refractivity contribution is 7.17. The molecule has 1 atom stereocenters. The molecule has 1 unspecified atom stereocenters. The first kappa shape index (κ1) is 18.6. The second-order valence-electron chi connectivity index (χ2n) is 8.38. The van der Waals surface area contributed by atoms with E-state index in [1.165, 1.54) is 54.4 Å². The molecule has 29 heavy (non-hydrogen) atoms. The summed E-state index contributed by atoms with van der Waals surface area (Å²) in [4.78, 5) is 14.8. The van der Waals surface area contributed by atoms with Crippen molar-refractivity contribution in [2.75, 3.05) is 0 Å². The minimum Gasteiger partial charge on any atom is -0.345 e. The maximum atomic E-state index is 12.8. The first-order valence-electron chi connectivity index (χ1n) is 10.9. The molecule has 0 saturated heterocycles. The number of carbonyl (C=O) groups excluding carboxylic acids is 1. The second-order valence-corrected chi connectivity index (χ2v) is 9.47. The highest BCUT2D eigenvalue weighted by Crippen LogP contribution is 2.35. The Bertz CT molecular complexity index is 998. The summed E-state index contributed by atoms with van der Waals surface area (Å²) >= 11 is 1.59. The molecule has 3 aromatic rings. The van der Waals surface area contributed by atoms with Crippen molar-refractivity contribution >= 4 is 17.2 Å². The van der Waals surface area contributed by atoms with Gasteiger partial charge in [-0.15, -0.1) is 11.3 Å². The monoisotopic (exact) mass is 401 g/mol. The number of nitrogens with one attached hydrogen (secondary N) is 1. The molecule has 2 aromatic carbocycles. The van der Waals surface area contributed by atoms with Crippen LogP contribution < -0.4 is 5.32 Å². The number of benzene rings is 2. The summed E-state index contributed by atoms with van der Waals surface area (Å²) < 4.78 is 0. The van der Waals surface area contributed by atoms with Crippen LogP contribution in [0, 0.1) is 0 Å². The first-order chi connectivity index (χ1) is 14.3. The fourth-order valence-electron chi connectivity index (χ4n) is 4.91. The molecule has 2 aliphatic carbocycles. The van der Waals surface area contributed by atoms with Gasteiger partial charge in [0.25, 0.3) is 5.91 Å². The van der Waals surface area contributed by atoms with E-state index in [9.17, 15) is 4.79 Å². The van der Waals surface area contributed by atoms with Crippen molar-refractivity contribution in [3.8, 4) is 10.4 Å². The molecule has 0 aliphatic heterocycles. The van der Waals surface area contributed by atoms with Crippen LogP contribution >= 0.6 is 11.3 Å². The quantitative estimate of drug-likeness (QED) is 0.507. The van der Waals surface area contributed by atoms with Crippen molar-refractivity contribution < 1.29 is 4.79 Å². The van der Waals surface area contributed by atoms with E-state index >= 15 is 0 Å². The fraction of sp³-hybridized carbons (Fsp3) is 0.346. The van der Waals surface area contributed by atoms with E-state index < -0.39 is 0 Å². The molecule has 1 N–H and O–H groups in total. The molecule has 0 bridgehead atoms. The third kappa shape index (κ3) is 3.89. The average molecular weight is 402 g/mol. The lowest BCUT2D eigenvalue weighted by Gasteiger charge is -2.22. The van der Waals surface area contributed by atoms with Crippen LogP contribution in [0.2, 0.25) is 0 Å². The molecule has 5 rings (SSSR count). The zero-order chi connectivity index (χ0) is 19.6. The number of amides is 1. The molecule has 1 fully saturated rings. The molecule has 1 saturated carbocycles. The Morgan fingerprint density at radius 3 is 2.48 bits per heavy atom. The second kappa shape index (κ2) is 8.16. The molecule has 148 valence electrons. The Morgan fingerprint density at radius 1 is 0.862 bits per heavy atom. The molecule has 0 spiro atoms. The zero-order valence-corrected chi connectivity index (χ0v) is 17.5. The van der Waals surface area contributed by atoms with Gasteiger partial charge in [0.05, 0.1) is 10.9 Å². The number of fused-ring (bicyclic) bond motifs is 1. The summed E-state index contributed by atoms with van der Waals surface area (Å²) in [6.45, 7) is 0. The number of rotatable bonds is 4. The number of hydrogen-bond donors (Lipinski definition) is 1. The highest BCUT2D eigenvalue weighted by Gasteiger charge is 2.24. The van der Waals surface area contributed by atoms with Gasteiger partial charge in [-0.05, 0) is 66.0 Å². The van der Waals surface area contributed by atoms with Crippen LogP contribution in [0.1, 0.15) is 76.8 Å². The van der Waals surface area contributed by atoms with Crippen molar-refractivity contribution in [2.24, 2.45) is 0 Å². The van der Waals surface area contributed by atoms with Gasteiger partial charge in [-0.2, -0.15) is 0 Å². The fourth-order valence-corrected chi connectivity index (χ4v) is 5.82. The largest absolute Gasteiger partial charge is 0.345 e. The highest BCUT2D eigenvalue weighted by atomic mass is 32.1. The molecule has 2 aliphatic rings. The summed E-state index contributed by atoms with van der Waals surface area (Å²) in [5, 5.41) is 3.24. The lowest BCUT2D eigenvalue weighted by molar-refractivity contribution is 0.0941. The van der Waals surface area contributed by atoms with Gasteiger partial charge >= 0.3 is 0 Å². The molecule has 3 heteroatoms. The van der Waals surface area contributed by atoms with Crippen LogP contribution in [0.15, 0.2) is 60.7 Å². The van der Waals surface area contributed by atoms with Crippen LogP contribution in [0.25, 0.3) is 10.4 Å². The van der Waals surface area contributed by atoms with E-state index in [0.717, 1.165) is 28.5 Å². The van der Waals surface area contributed by atoms with Crippen LogP contribution in [0.4, 0.5) is 0 Å². The lowest BCUT2D eigenvalue weighted by atomic mass is 9.84. The van der Waals surface area contributed by atoms with E-state index in [2.05, 4.69) is 59.9 Å². The van der Waals surface area contributed by atoms with Gasteiger partial charge < -0.3 is 5.32 Å². The van der Waals surface area contributed by atoms with Gasteiger partial charge in [0, 0.05) is 4.88 Å². The molecule has 1 heterocycles. The van der Waals surface area contributed by atoms with E-state index in [1.54, 1.807) is 11.3 Å². The van der Waals surface area contributed by atoms with Crippen molar-refractivity contribution in [3.63, 3.8) is 0 Å². The van der Waals surface area contributed by atoms with Gasteiger partial charge in [-0.3, -0.25) is 4.79 Å². The van der Waals surface area contributed by atoms with Crippen LogP contribution in [-0.4, -0.2) is 5.91 Å². The summed E-state index contributed by atoms with van der Waals surface area (Å²) in [5.41, 5.74) is 5.32. The number of aryl methyl sites for hydroxylation is 1. The average Bonchev–Trinajstić information content (AvgIpc) is 3.43. The maximum absolute atomic E-state index is 12.8. The van der Waals surface area contributed by atoms with E-state index in [0.29, 0.717) is 0 Å². The van der Waals surface area contributed by atoms with Gasteiger partial charge in [0.1, 0.15) is 0 Å². The van der Waals surface area contributed by atoms with Crippen LogP contribution in [0.3, 0.4) is 0 Å². The Balaban J connectivity index is 1.27. The minimum absolute atomic E-state index is 0.0433. The molecule has 0 radical (unpaired) electrons. The normalized spacial score (nSPS) is 19.1. The predicted octanol–water partition coefficient (Wildman–Crippen LogP) is 6.88. The molecule has 2 nitrogen and oxygen atoms in total. The smallest absolute Gasteiger partial charge is 0.261 e. The van der Waals surface area contributed by atoms with Gasteiger partial charge in [0.2, 0.25) is 0 Å². The topological polar surface area (TPSA) is 29.1 Å². The molecule has 1 aromatic heterocycles. The van der Waals surface area contributed by atoms with Gasteiger partial charge in [0.15, 0.2) is 0 Å². The van der Waals surface area contributed by atoms with Crippen molar-refractivity contribution in [1.82, 2.24) is 5.32 Å². The van der Waals surface area contributed by atoms with Crippen molar-refractivity contribution in [3.05, 3.63) is 82.2 Å². The Morgan fingerprint density at radius 2 is 1.66 bits per heavy atom. The van der Waals surface area contributed by atoms with Gasteiger partial charge in [-0.1, -0.05) is 67.8 Å². The third-order valence-corrected chi connectivity index (χ3v) is 7.67. The maximum Gasteiger partial charge on any atom is 0.261 e. The number of carbonyl (C=O) groups is 1. The van der Waals surface area contributed by atoms with Crippen LogP contribution in [0.5, 0.6) is 0 Å². The molecular formula is C26H27NOS. The minimum atomic E-state index is 0.0433. The summed E-state index contributed by atoms with van der Waals surface area (Å²) in [7, 11) is 0. The third-order valence-electron chi connectivity index (χ3n) is 6.54. The molecular weight excluding hydrogens is 374 g/mol. The Kier molecular flexibility index (Phi) is 5.24. The number of thiophene rings is 1. The summed E-state index contributed by atoms with van der Waals surface area (Å²) in [6, 6.07) is 21.7. The van der Waals surface area contributed by atoms with E-state index in [4.69, 9.17) is 0 Å². The predicted molar refractivity (Wildman–Crippen MR) is 121 cm³/mol. The number of hydrogen-bond acceptors (Lipinski definition) is 2. The summed E-state index contributed by atoms with van der Waals surface area (Å²) in [6.07, 6.45) is 8.81. The van der Waals surface area contributed by atoms with Crippen LogP contribution in [-0.2, 0) is 6.42 Å². The van der Waals surface area contributed by atoms with Crippen molar-refractivity contribution in [1.29, 1.82) is 0 Å². The SMILES string of the molecule is O=C(NC1CCc2ccccc21)c1ccc(-c2ccc(C3CCCCC3)cc2)s1. The zero-order valence-electron chi connectivity index (χ0n) is 16.7. The summed E-state index contributed by atoms with van der Waals surface area (Å²) in [5.74, 6) is 0.776. The lowest BCUT2D eigenvalue weighted by Crippen LogP contribution is -2.26. The van der Waals surface area contributed by atoms with E-state index in [1.807, 2.05) is 6.07 Å². The van der Waals surface area contributed by atoms with Crippen molar-refractivity contribution in [2.45, 2.75) is 56.9 Å². The van der Waals surface area contributed by atoms with E-state index in [-0.39, 0.29) is 11.9 Å². The standard InChI is InChI=1S/C26H27NOS/c28-26(27-23-15-14-20-8-4-5-9-22(20)23)25-17-16-24(29-25)21-12-10-19(11-13-21)18-6-2-1-3-7-18/h4-5,8-13,16-18,23H,1-3,6-7,14-15H2,(H,27,28). The Labute approximate surface area is 177 Å². The first-order valence-corrected chi connectivity index (χ1v) is 11.7. The van der Waals surface area contributed by atoms with Gasteiger partial charge in [-0.25, -0.2) is 0 Å².